The predicted molar refractivity (Wildman–Crippen MR) is 85.9 cm³/mol. The maximum Gasteiger partial charge on any atom is 0.261 e. The van der Waals surface area contributed by atoms with Crippen LogP contribution in [-0.4, -0.2) is 20.5 Å². The van der Waals surface area contributed by atoms with Crippen LogP contribution in [0, 0.1) is 6.92 Å². The van der Waals surface area contributed by atoms with E-state index in [-0.39, 0.29) is 5.91 Å². The summed E-state index contributed by atoms with van der Waals surface area (Å²) in [4.78, 5) is 16.8. The van der Waals surface area contributed by atoms with Crippen molar-refractivity contribution in [2.75, 3.05) is 11.1 Å². The van der Waals surface area contributed by atoms with Crippen molar-refractivity contribution >= 4 is 23.1 Å². The number of nitrogens with one attached hydrogen (secondary N) is 1. The molecule has 6 heteroatoms. The highest BCUT2D eigenvalue weighted by Crippen LogP contribution is 2.16. The van der Waals surface area contributed by atoms with Gasteiger partial charge in [0.2, 0.25) is 0 Å². The molecule has 2 aromatic heterocycles. The number of anilines is 2. The first-order valence-electron chi connectivity index (χ1n) is 7.09. The van der Waals surface area contributed by atoms with E-state index in [9.17, 15) is 4.79 Å². The van der Waals surface area contributed by atoms with Gasteiger partial charge in [-0.2, -0.15) is 9.61 Å². The summed E-state index contributed by atoms with van der Waals surface area (Å²) in [5, 5.41) is 6.97. The number of benzene rings is 1. The van der Waals surface area contributed by atoms with Crippen LogP contribution in [0.1, 0.15) is 28.5 Å². The van der Waals surface area contributed by atoms with Crippen LogP contribution in [0.3, 0.4) is 0 Å². The topological polar surface area (TPSA) is 85.3 Å². The van der Waals surface area contributed by atoms with E-state index in [0.29, 0.717) is 17.0 Å². The zero-order valence-electron chi connectivity index (χ0n) is 12.5. The van der Waals surface area contributed by atoms with E-state index in [1.165, 1.54) is 16.3 Å². The molecule has 0 saturated heterocycles. The number of nitrogen functional groups attached to an aromatic ring is 1. The van der Waals surface area contributed by atoms with Crippen molar-refractivity contribution in [2.24, 2.45) is 0 Å². The maximum atomic E-state index is 12.4. The third kappa shape index (κ3) is 2.50. The quantitative estimate of drug-likeness (QED) is 0.777. The smallest absolute Gasteiger partial charge is 0.261 e. The lowest BCUT2D eigenvalue weighted by Gasteiger charge is -2.05. The number of hydrogen-bond donors (Lipinski definition) is 2. The molecule has 0 atom stereocenters. The fourth-order valence-electron chi connectivity index (χ4n) is 2.30. The van der Waals surface area contributed by atoms with Crippen LogP contribution in [0.2, 0.25) is 0 Å². The molecule has 2 heterocycles. The molecule has 0 aliphatic carbocycles. The van der Waals surface area contributed by atoms with E-state index in [4.69, 9.17) is 5.73 Å². The van der Waals surface area contributed by atoms with Gasteiger partial charge in [0.25, 0.3) is 5.91 Å². The van der Waals surface area contributed by atoms with Crippen molar-refractivity contribution in [3.05, 3.63) is 53.3 Å². The van der Waals surface area contributed by atoms with E-state index >= 15 is 0 Å². The fourth-order valence-corrected chi connectivity index (χ4v) is 2.30. The highest BCUT2D eigenvalue weighted by atomic mass is 16.1. The summed E-state index contributed by atoms with van der Waals surface area (Å²) >= 11 is 0. The third-order valence-corrected chi connectivity index (χ3v) is 3.49. The second-order valence-electron chi connectivity index (χ2n) is 5.12. The summed E-state index contributed by atoms with van der Waals surface area (Å²) in [6.45, 7) is 3.92. The van der Waals surface area contributed by atoms with E-state index in [1.54, 1.807) is 6.07 Å². The lowest BCUT2D eigenvalue weighted by atomic mass is 10.1. The van der Waals surface area contributed by atoms with Gasteiger partial charge < -0.3 is 11.1 Å². The highest BCUT2D eigenvalue weighted by Gasteiger charge is 2.15. The summed E-state index contributed by atoms with van der Waals surface area (Å²) in [5.41, 5.74) is 9.44. The molecule has 0 spiro atoms. The lowest BCUT2D eigenvalue weighted by molar-refractivity contribution is 0.102. The molecule has 0 aliphatic heterocycles. The molecular formula is C16H17N5O. The van der Waals surface area contributed by atoms with Crippen LogP contribution in [0.5, 0.6) is 0 Å². The van der Waals surface area contributed by atoms with Crippen molar-refractivity contribution in [3.63, 3.8) is 0 Å². The van der Waals surface area contributed by atoms with Crippen LogP contribution in [0.15, 0.2) is 36.5 Å². The minimum Gasteiger partial charge on any atom is -0.384 e. The molecule has 0 unspecified atom stereocenters. The van der Waals surface area contributed by atoms with Gasteiger partial charge >= 0.3 is 0 Å². The number of carbonyl (C=O) groups excluding carboxylic acids is 1. The van der Waals surface area contributed by atoms with Gasteiger partial charge in [-0.15, -0.1) is 0 Å². The maximum absolute atomic E-state index is 12.4. The fraction of sp³-hybridized carbons (Fsp3) is 0.188. The van der Waals surface area contributed by atoms with Crippen molar-refractivity contribution < 1.29 is 4.79 Å². The van der Waals surface area contributed by atoms with Gasteiger partial charge in [0.05, 0.1) is 6.20 Å². The summed E-state index contributed by atoms with van der Waals surface area (Å²) in [6.07, 6.45) is 2.44. The van der Waals surface area contributed by atoms with Gasteiger partial charge in [-0.3, -0.25) is 4.79 Å². The average molecular weight is 295 g/mol. The Kier molecular flexibility index (Phi) is 3.50. The van der Waals surface area contributed by atoms with Gasteiger partial charge in [-0.25, -0.2) is 4.98 Å². The van der Waals surface area contributed by atoms with Crippen LogP contribution in [-0.2, 0) is 6.42 Å². The Morgan fingerprint density at radius 3 is 2.73 bits per heavy atom. The molecule has 3 aromatic rings. The molecule has 0 saturated carbocycles. The Bertz CT molecular complexity index is 836. The number of aryl methyl sites for hydroxylation is 2. The molecular weight excluding hydrogens is 278 g/mol. The lowest BCUT2D eigenvalue weighted by Crippen LogP contribution is -2.12. The van der Waals surface area contributed by atoms with Crippen molar-refractivity contribution in [3.8, 4) is 0 Å². The van der Waals surface area contributed by atoms with Gasteiger partial charge in [-0.1, -0.05) is 19.1 Å². The molecule has 112 valence electrons. The number of carbonyl (C=O) groups is 1. The Balaban J connectivity index is 1.91. The van der Waals surface area contributed by atoms with E-state index in [2.05, 4.69) is 22.3 Å². The Morgan fingerprint density at radius 1 is 1.32 bits per heavy atom. The molecule has 0 bridgehead atoms. The second-order valence-corrected chi connectivity index (χ2v) is 5.12. The Labute approximate surface area is 128 Å². The van der Waals surface area contributed by atoms with Crippen LogP contribution < -0.4 is 11.1 Å². The first-order valence-corrected chi connectivity index (χ1v) is 7.09. The van der Waals surface area contributed by atoms with E-state index < -0.39 is 0 Å². The number of aromatic nitrogens is 3. The first kappa shape index (κ1) is 14.1. The predicted octanol–water partition coefficient (Wildman–Crippen LogP) is 2.43. The largest absolute Gasteiger partial charge is 0.384 e. The molecule has 22 heavy (non-hydrogen) atoms. The van der Waals surface area contributed by atoms with Gasteiger partial charge in [-0.05, 0) is 31.0 Å². The summed E-state index contributed by atoms with van der Waals surface area (Å²) < 4.78 is 1.46. The number of nitrogens with zero attached hydrogens (tertiary/aromatic N) is 3. The molecule has 0 aliphatic rings. The first-order chi connectivity index (χ1) is 10.6. The van der Waals surface area contributed by atoms with Gasteiger partial charge in [0.15, 0.2) is 5.65 Å². The Hall–Kier alpha value is -2.89. The Morgan fingerprint density at radius 2 is 2.05 bits per heavy atom. The third-order valence-electron chi connectivity index (χ3n) is 3.49. The number of nitrogens with two attached hydrogens (primary N) is 1. The highest BCUT2D eigenvalue weighted by molar-refractivity contribution is 6.08. The zero-order chi connectivity index (χ0) is 15.7. The van der Waals surface area contributed by atoms with Gasteiger partial charge in [0, 0.05) is 17.4 Å². The van der Waals surface area contributed by atoms with Gasteiger partial charge in [0.1, 0.15) is 11.4 Å². The van der Waals surface area contributed by atoms with Crippen LogP contribution in [0.25, 0.3) is 5.65 Å². The SMILES string of the molecule is CCc1ccc(NC(=O)c2cnn3c(N)cc(C)nc23)cc1. The minimum atomic E-state index is -0.253. The van der Waals surface area contributed by atoms with Crippen LogP contribution >= 0.6 is 0 Å². The van der Waals surface area contributed by atoms with E-state index in [0.717, 1.165) is 17.8 Å². The summed E-state index contributed by atoms with van der Waals surface area (Å²) in [5.74, 6) is 0.200. The summed E-state index contributed by atoms with van der Waals surface area (Å²) in [7, 11) is 0. The summed E-state index contributed by atoms with van der Waals surface area (Å²) in [6, 6.07) is 9.47. The van der Waals surface area contributed by atoms with Crippen molar-refractivity contribution in [2.45, 2.75) is 20.3 Å². The number of rotatable bonds is 3. The molecule has 0 radical (unpaired) electrons. The molecule has 3 rings (SSSR count). The number of fused-ring (bicyclic) bond motifs is 1. The van der Waals surface area contributed by atoms with E-state index in [1.807, 2.05) is 31.2 Å². The molecule has 6 nitrogen and oxygen atoms in total. The minimum absolute atomic E-state index is 0.253. The van der Waals surface area contributed by atoms with Crippen molar-refractivity contribution in [1.82, 2.24) is 14.6 Å². The number of hydrogen-bond acceptors (Lipinski definition) is 4. The zero-order valence-corrected chi connectivity index (χ0v) is 12.5. The van der Waals surface area contributed by atoms with Crippen molar-refractivity contribution in [1.29, 1.82) is 0 Å². The molecule has 1 amide bonds. The second kappa shape index (κ2) is 5.48. The average Bonchev–Trinajstić information content (AvgIpc) is 2.92. The molecule has 1 aromatic carbocycles. The molecule has 0 fully saturated rings. The number of amides is 1. The monoisotopic (exact) mass is 295 g/mol. The van der Waals surface area contributed by atoms with Crippen LogP contribution in [0.4, 0.5) is 11.5 Å². The standard InChI is InChI=1S/C16H17N5O/c1-3-11-4-6-12(7-5-11)20-16(22)13-9-18-21-14(17)8-10(2)19-15(13)21/h4-9H,3,17H2,1-2H3,(H,20,22). The normalized spacial score (nSPS) is 10.8. The molecule has 3 N–H and O–H groups in total.